The van der Waals surface area contributed by atoms with Gasteiger partial charge in [0, 0.05) is 6.07 Å². The Bertz CT molecular complexity index is 582. The van der Waals surface area contributed by atoms with Gasteiger partial charge in [0.1, 0.15) is 11.5 Å². The lowest BCUT2D eigenvalue weighted by Crippen LogP contribution is -1.99. The largest absolute Gasteiger partial charge is 0.497 e. The third-order valence-corrected chi connectivity index (χ3v) is 2.88. The SMILES string of the molecule is COc1ccc(OC)c(Nc2ccc(C)cc2N)c1. The van der Waals surface area contributed by atoms with Crippen molar-refractivity contribution in [2.75, 3.05) is 25.3 Å². The maximum absolute atomic E-state index is 6.00. The summed E-state index contributed by atoms with van der Waals surface area (Å²) in [6.07, 6.45) is 0. The van der Waals surface area contributed by atoms with Gasteiger partial charge in [0.2, 0.25) is 0 Å². The molecule has 0 aliphatic rings. The molecule has 2 rings (SSSR count). The van der Waals surface area contributed by atoms with Gasteiger partial charge in [-0.15, -0.1) is 0 Å². The number of nitrogens with one attached hydrogen (secondary N) is 1. The first-order valence-corrected chi connectivity index (χ1v) is 5.99. The second kappa shape index (κ2) is 5.52. The maximum atomic E-state index is 6.00. The third-order valence-electron chi connectivity index (χ3n) is 2.88. The molecule has 0 aliphatic carbocycles. The molecule has 4 nitrogen and oxygen atoms in total. The summed E-state index contributed by atoms with van der Waals surface area (Å²) in [6, 6.07) is 11.5. The van der Waals surface area contributed by atoms with E-state index < -0.39 is 0 Å². The van der Waals surface area contributed by atoms with E-state index in [1.54, 1.807) is 14.2 Å². The topological polar surface area (TPSA) is 56.5 Å². The molecule has 0 aliphatic heterocycles. The van der Waals surface area contributed by atoms with E-state index in [9.17, 15) is 0 Å². The Kier molecular flexibility index (Phi) is 3.80. The number of hydrogen-bond donors (Lipinski definition) is 2. The van der Waals surface area contributed by atoms with Crippen LogP contribution >= 0.6 is 0 Å². The van der Waals surface area contributed by atoms with Crippen molar-refractivity contribution in [2.45, 2.75) is 6.92 Å². The van der Waals surface area contributed by atoms with Gasteiger partial charge >= 0.3 is 0 Å². The van der Waals surface area contributed by atoms with E-state index >= 15 is 0 Å². The minimum atomic E-state index is 0.699. The highest BCUT2D eigenvalue weighted by molar-refractivity contribution is 5.76. The summed E-state index contributed by atoms with van der Waals surface area (Å²) < 4.78 is 10.5. The summed E-state index contributed by atoms with van der Waals surface area (Å²) in [5, 5.41) is 3.26. The minimum absolute atomic E-state index is 0.699. The molecule has 0 atom stereocenters. The average Bonchev–Trinajstić information content (AvgIpc) is 2.41. The van der Waals surface area contributed by atoms with E-state index in [2.05, 4.69) is 5.32 Å². The fourth-order valence-corrected chi connectivity index (χ4v) is 1.85. The minimum Gasteiger partial charge on any atom is -0.497 e. The van der Waals surface area contributed by atoms with Gasteiger partial charge in [0.05, 0.1) is 31.3 Å². The molecule has 2 aromatic carbocycles. The number of methoxy groups -OCH3 is 2. The predicted molar refractivity (Wildman–Crippen MR) is 78.4 cm³/mol. The van der Waals surface area contributed by atoms with E-state index in [4.69, 9.17) is 15.2 Å². The quantitative estimate of drug-likeness (QED) is 0.826. The Hall–Kier alpha value is -2.36. The number of rotatable bonds is 4. The number of ether oxygens (including phenoxy) is 2. The Balaban J connectivity index is 2.36. The molecule has 3 N–H and O–H groups in total. The van der Waals surface area contributed by atoms with Crippen LogP contribution in [-0.4, -0.2) is 14.2 Å². The van der Waals surface area contributed by atoms with Crippen molar-refractivity contribution in [2.24, 2.45) is 0 Å². The normalized spacial score (nSPS) is 10.1. The first-order chi connectivity index (χ1) is 9.13. The molecule has 0 amide bonds. The summed E-state index contributed by atoms with van der Waals surface area (Å²) >= 11 is 0. The van der Waals surface area contributed by atoms with E-state index in [1.165, 1.54) is 0 Å². The van der Waals surface area contributed by atoms with Gasteiger partial charge in [-0.25, -0.2) is 0 Å². The first-order valence-electron chi connectivity index (χ1n) is 5.99. The highest BCUT2D eigenvalue weighted by atomic mass is 16.5. The Morgan fingerprint density at radius 2 is 1.74 bits per heavy atom. The van der Waals surface area contributed by atoms with E-state index in [1.807, 2.05) is 43.3 Å². The molecule has 2 aromatic rings. The number of hydrogen-bond acceptors (Lipinski definition) is 4. The van der Waals surface area contributed by atoms with Gasteiger partial charge < -0.3 is 20.5 Å². The van der Waals surface area contributed by atoms with Crippen LogP contribution in [0.2, 0.25) is 0 Å². The van der Waals surface area contributed by atoms with E-state index in [-0.39, 0.29) is 0 Å². The summed E-state index contributed by atoms with van der Waals surface area (Å²) in [7, 11) is 3.26. The molecule has 0 saturated heterocycles. The summed E-state index contributed by atoms with van der Waals surface area (Å²) in [4.78, 5) is 0. The highest BCUT2D eigenvalue weighted by Crippen LogP contribution is 2.33. The maximum Gasteiger partial charge on any atom is 0.142 e. The fraction of sp³-hybridized carbons (Fsp3) is 0.200. The van der Waals surface area contributed by atoms with Crippen LogP contribution in [0.15, 0.2) is 36.4 Å². The van der Waals surface area contributed by atoms with Gasteiger partial charge in [-0.3, -0.25) is 0 Å². The Labute approximate surface area is 113 Å². The van der Waals surface area contributed by atoms with Crippen molar-refractivity contribution >= 4 is 17.1 Å². The second-order valence-electron chi connectivity index (χ2n) is 4.28. The number of nitrogens with two attached hydrogens (primary N) is 1. The first kappa shape index (κ1) is 13.1. The molecule has 0 radical (unpaired) electrons. The van der Waals surface area contributed by atoms with Crippen LogP contribution in [0.4, 0.5) is 17.1 Å². The van der Waals surface area contributed by atoms with Crippen molar-refractivity contribution in [1.29, 1.82) is 0 Å². The zero-order valence-corrected chi connectivity index (χ0v) is 11.4. The molecule has 19 heavy (non-hydrogen) atoms. The molecule has 0 bridgehead atoms. The monoisotopic (exact) mass is 258 g/mol. The lowest BCUT2D eigenvalue weighted by Gasteiger charge is -2.14. The summed E-state index contributed by atoms with van der Waals surface area (Å²) in [5.41, 5.74) is 9.48. The number of benzene rings is 2. The lowest BCUT2D eigenvalue weighted by molar-refractivity contribution is 0.405. The van der Waals surface area contributed by atoms with E-state index in [0.29, 0.717) is 5.69 Å². The lowest BCUT2D eigenvalue weighted by atomic mass is 10.2. The van der Waals surface area contributed by atoms with Crippen molar-refractivity contribution in [3.63, 3.8) is 0 Å². The van der Waals surface area contributed by atoms with Crippen molar-refractivity contribution in [1.82, 2.24) is 0 Å². The van der Waals surface area contributed by atoms with Crippen molar-refractivity contribution < 1.29 is 9.47 Å². The zero-order valence-electron chi connectivity index (χ0n) is 11.4. The van der Waals surface area contributed by atoms with Gasteiger partial charge in [0.25, 0.3) is 0 Å². The van der Waals surface area contributed by atoms with Crippen LogP contribution in [0.3, 0.4) is 0 Å². The summed E-state index contributed by atoms with van der Waals surface area (Å²) in [6.45, 7) is 2.01. The molecule has 0 unspecified atom stereocenters. The van der Waals surface area contributed by atoms with Crippen LogP contribution in [-0.2, 0) is 0 Å². The number of nitrogen functional groups attached to an aromatic ring is 1. The van der Waals surface area contributed by atoms with E-state index in [0.717, 1.165) is 28.4 Å². The van der Waals surface area contributed by atoms with Crippen LogP contribution in [0.1, 0.15) is 5.56 Å². The molecule has 0 fully saturated rings. The molecule has 100 valence electrons. The van der Waals surface area contributed by atoms with Gasteiger partial charge in [-0.05, 0) is 36.8 Å². The van der Waals surface area contributed by atoms with Crippen LogP contribution in [0.5, 0.6) is 11.5 Å². The summed E-state index contributed by atoms with van der Waals surface area (Å²) in [5.74, 6) is 1.50. The molecule has 0 heterocycles. The molecule has 0 aromatic heterocycles. The van der Waals surface area contributed by atoms with Gasteiger partial charge in [-0.1, -0.05) is 6.07 Å². The van der Waals surface area contributed by atoms with Gasteiger partial charge in [0.15, 0.2) is 0 Å². The molecule has 0 saturated carbocycles. The second-order valence-corrected chi connectivity index (χ2v) is 4.28. The fourth-order valence-electron chi connectivity index (χ4n) is 1.85. The van der Waals surface area contributed by atoms with Crippen LogP contribution in [0.25, 0.3) is 0 Å². The molecule has 0 spiro atoms. The van der Waals surface area contributed by atoms with Crippen molar-refractivity contribution in [3.8, 4) is 11.5 Å². The molecular weight excluding hydrogens is 240 g/mol. The Morgan fingerprint density at radius 1 is 0.947 bits per heavy atom. The highest BCUT2D eigenvalue weighted by Gasteiger charge is 2.07. The smallest absolute Gasteiger partial charge is 0.142 e. The zero-order chi connectivity index (χ0) is 13.8. The van der Waals surface area contributed by atoms with Crippen LogP contribution < -0.4 is 20.5 Å². The molecular formula is C15H18N2O2. The standard InChI is InChI=1S/C15H18N2O2/c1-10-4-6-13(12(16)8-10)17-14-9-11(18-2)5-7-15(14)19-3/h4-9,17H,16H2,1-3H3. The number of aryl methyl sites for hydroxylation is 1. The molecule has 4 heteroatoms. The van der Waals surface area contributed by atoms with Crippen molar-refractivity contribution in [3.05, 3.63) is 42.0 Å². The Morgan fingerprint density at radius 3 is 2.37 bits per heavy atom. The van der Waals surface area contributed by atoms with Gasteiger partial charge in [-0.2, -0.15) is 0 Å². The van der Waals surface area contributed by atoms with Crippen LogP contribution in [0, 0.1) is 6.92 Å². The average molecular weight is 258 g/mol. The third kappa shape index (κ3) is 2.91. The predicted octanol–water partition coefficient (Wildman–Crippen LogP) is 3.34. The number of anilines is 3.